The maximum absolute atomic E-state index is 13.9. The minimum Gasteiger partial charge on any atom is -0.497 e. The number of hydrogen-bond acceptors (Lipinski definition) is 8. The number of ether oxygens (including phenoxy) is 2. The van der Waals surface area contributed by atoms with Gasteiger partial charge < -0.3 is 25.4 Å². The fourth-order valence-corrected chi connectivity index (χ4v) is 7.39. The van der Waals surface area contributed by atoms with Gasteiger partial charge in [0.2, 0.25) is 0 Å². The Morgan fingerprint density at radius 1 is 0.698 bits per heavy atom. The number of nitrogens with one attached hydrogen (secondary N) is 3. The second-order valence-corrected chi connectivity index (χ2v) is 14.0. The van der Waals surface area contributed by atoms with Gasteiger partial charge in [0.1, 0.15) is 17.0 Å². The summed E-state index contributed by atoms with van der Waals surface area (Å²) in [6.45, 7) is 5.45. The van der Waals surface area contributed by atoms with Crippen LogP contribution in [0.2, 0.25) is 0 Å². The van der Waals surface area contributed by atoms with Gasteiger partial charge in [0.25, 0.3) is 11.8 Å². The van der Waals surface area contributed by atoms with Crippen molar-refractivity contribution in [3.63, 3.8) is 0 Å². The molecule has 0 aliphatic carbocycles. The summed E-state index contributed by atoms with van der Waals surface area (Å²) in [5.74, 6) is 1.23. The smallest absolute Gasteiger partial charge is 0.255 e. The Morgan fingerprint density at radius 3 is 1.98 bits per heavy atom. The number of benzene rings is 4. The average molecular weight is 713 g/mol. The summed E-state index contributed by atoms with van der Waals surface area (Å²) in [5.41, 5.74) is 5.62. The zero-order valence-corrected chi connectivity index (χ0v) is 30.5. The summed E-state index contributed by atoms with van der Waals surface area (Å²) in [5, 5.41) is 10.8. The maximum atomic E-state index is 13.9. The van der Waals surface area contributed by atoms with Gasteiger partial charge in [-0.15, -0.1) is 0 Å². The van der Waals surface area contributed by atoms with Crippen molar-refractivity contribution in [2.24, 2.45) is 0 Å². The lowest BCUT2D eigenvalue weighted by atomic mass is 10.0. The molecular weight excluding hydrogens is 665 g/mol. The number of piperidine rings is 2. The van der Waals surface area contributed by atoms with Gasteiger partial charge in [-0.25, -0.2) is 0 Å². The molecule has 7 rings (SSSR count). The summed E-state index contributed by atoms with van der Waals surface area (Å²) in [7, 11) is 3.30. The Bertz CT molecular complexity index is 2010. The van der Waals surface area contributed by atoms with Gasteiger partial charge in [-0.1, -0.05) is 54.6 Å². The van der Waals surface area contributed by atoms with Crippen LogP contribution < -0.4 is 25.4 Å². The summed E-state index contributed by atoms with van der Waals surface area (Å²) >= 11 is 0. The van der Waals surface area contributed by atoms with Crippen molar-refractivity contribution >= 4 is 34.1 Å². The first-order valence-electron chi connectivity index (χ1n) is 18.5. The molecule has 2 aliphatic rings. The fraction of sp³-hybridized carbons (Fsp3) is 0.326. The zero-order valence-electron chi connectivity index (χ0n) is 30.5. The first kappa shape index (κ1) is 35.9. The molecule has 0 radical (unpaired) electrons. The first-order valence-corrected chi connectivity index (χ1v) is 18.5. The van der Waals surface area contributed by atoms with Crippen molar-refractivity contribution in [1.82, 2.24) is 25.4 Å². The monoisotopic (exact) mass is 712 g/mol. The molecule has 10 heteroatoms. The standard InChI is InChI=1S/C43H48N6O4/c1-52-36-11-6-10-31(26-36)29-49-24-20-35(21-25-49)47-43(51)38-27-44-41-37(12-7-13-39(41)53-2)40(38)45-33-16-14-32(15-17-33)42(50)46-34-18-22-48(23-19-34)28-30-8-4-3-5-9-30/h3-17,26-27,34-35H,18-25,28-29H2,1-2H3,(H,44,45)(H,46,50)(H,47,51). The minimum absolute atomic E-state index is 0.0480. The molecule has 4 aromatic carbocycles. The van der Waals surface area contributed by atoms with E-state index in [1.54, 1.807) is 20.4 Å². The molecule has 3 heterocycles. The second kappa shape index (κ2) is 16.9. The molecule has 53 heavy (non-hydrogen) atoms. The van der Waals surface area contributed by atoms with Crippen LogP contribution >= 0.6 is 0 Å². The van der Waals surface area contributed by atoms with Crippen LogP contribution in [0.1, 0.15) is 57.5 Å². The lowest BCUT2D eigenvalue weighted by Crippen LogP contribution is -2.44. The zero-order chi connectivity index (χ0) is 36.6. The summed E-state index contributed by atoms with van der Waals surface area (Å²) in [6, 6.07) is 32.0. The van der Waals surface area contributed by atoms with Crippen molar-refractivity contribution in [2.45, 2.75) is 50.9 Å². The van der Waals surface area contributed by atoms with Gasteiger partial charge in [-0.2, -0.15) is 0 Å². The summed E-state index contributed by atoms with van der Waals surface area (Å²) in [6.07, 6.45) is 5.16. The van der Waals surface area contributed by atoms with E-state index >= 15 is 0 Å². The molecule has 0 atom stereocenters. The number of rotatable bonds is 12. The molecule has 274 valence electrons. The Morgan fingerprint density at radius 2 is 1.32 bits per heavy atom. The third kappa shape index (κ3) is 8.96. The van der Waals surface area contributed by atoms with Crippen molar-refractivity contribution in [3.8, 4) is 11.5 Å². The highest BCUT2D eigenvalue weighted by Crippen LogP contribution is 2.34. The highest BCUT2D eigenvalue weighted by Gasteiger charge is 2.25. The Labute approximate surface area is 311 Å². The molecule has 10 nitrogen and oxygen atoms in total. The van der Waals surface area contributed by atoms with E-state index in [1.165, 1.54) is 11.1 Å². The van der Waals surface area contributed by atoms with Crippen LogP contribution in [0.15, 0.2) is 103 Å². The van der Waals surface area contributed by atoms with Crippen molar-refractivity contribution in [1.29, 1.82) is 0 Å². The number of pyridine rings is 1. The molecule has 2 fully saturated rings. The van der Waals surface area contributed by atoms with E-state index in [9.17, 15) is 9.59 Å². The van der Waals surface area contributed by atoms with E-state index < -0.39 is 0 Å². The third-order valence-electron chi connectivity index (χ3n) is 10.4. The van der Waals surface area contributed by atoms with Crippen LogP contribution in [0, 0.1) is 0 Å². The van der Waals surface area contributed by atoms with E-state index in [1.807, 2.05) is 60.7 Å². The summed E-state index contributed by atoms with van der Waals surface area (Å²) in [4.78, 5) is 36.7. The molecule has 0 saturated carbocycles. The number of fused-ring (bicyclic) bond motifs is 1. The normalized spacial score (nSPS) is 15.9. The minimum atomic E-state index is -0.179. The van der Waals surface area contributed by atoms with Gasteiger partial charge in [-0.05, 0) is 79.3 Å². The highest BCUT2D eigenvalue weighted by molar-refractivity contribution is 6.09. The molecule has 2 saturated heterocycles. The van der Waals surface area contributed by atoms with E-state index in [-0.39, 0.29) is 23.9 Å². The van der Waals surface area contributed by atoms with Gasteiger partial charge in [-0.3, -0.25) is 24.4 Å². The molecule has 3 N–H and O–H groups in total. The third-order valence-corrected chi connectivity index (χ3v) is 10.4. The topological polar surface area (TPSA) is 108 Å². The molecule has 0 spiro atoms. The highest BCUT2D eigenvalue weighted by atomic mass is 16.5. The Hall–Kier alpha value is -5.45. The lowest BCUT2D eigenvalue weighted by molar-refractivity contribution is 0.0901. The quantitative estimate of drug-likeness (QED) is 0.130. The average Bonchev–Trinajstić information content (AvgIpc) is 3.20. The van der Waals surface area contributed by atoms with Crippen LogP contribution in [0.4, 0.5) is 11.4 Å². The number of aromatic nitrogens is 1. The van der Waals surface area contributed by atoms with Crippen LogP contribution in [-0.4, -0.2) is 79.1 Å². The molecule has 5 aromatic rings. The predicted octanol–water partition coefficient (Wildman–Crippen LogP) is 6.78. The van der Waals surface area contributed by atoms with Gasteiger partial charge in [0.15, 0.2) is 0 Å². The van der Waals surface area contributed by atoms with Crippen LogP contribution in [-0.2, 0) is 13.1 Å². The number of carbonyl (C=O) groups is 2. The number of para-hydroxylation sites is 1. The van der Waals surface area contributed by atoms with E-state index in [0.29, 0.717) is 28.1 Å². The molecule has 1 aromatic heterocycles. The number of amides is 2. The largest absolute Gasteiger partial charge is 0.497 e. The number of hydrogen-bond donors (Lipinski definition) is 3. The van der Waals surface area contributed by atoms with Crippen molar-refractivity contribution in [3.05, 3.63) is 126 Å². The molecular formula is C43H48N6O4. The van der Waals surface area contributed by atoms with Crippen molar-refractivity contribution in [2.75, 3.05) is 45.7 Å². The van der Waals surface area contributed by atoms with Gasteiger partial charge in [0.05, 0.1) is 25.5 Å². The van der Waals surface area contributed by atoms with Gasteiger partial charge >= 0.3 is 0 Å². The van der Waals surface area contributed by atoms with E-state index in [2.05, 4.69) is 67.1 Å². The number of carbonyl (C=O) groups excluding carboxylic acids is 2. The number of anilines is 2. The van der Waals surface area contributed by atoms with Crippen molar-refractivity contribution < 1.29 is 19.1 Å². The van der Waals surface area contributed by atoms with E-state index in [4.69, 9.17) is 9.47 Å². The molecule has 0 unspecified atom stereocenters. The fourth-order valence-electron chi connectivity index (χ4n) is 7.39. The first-order chi connectivity index (χ1) is 25.9. The number of likely N-dealkylation sites (tertiary alicyclic amines) is 2. The SMILES string of the molecule is COc1cccc(CN2CCC(NC(=O)c3cnc4c(OC)cccc4c3Nc3ccc(C(=O)NC4CCN(Cc5ccccc5)CC4)cc3)CC2)c1. The van der Waals surface area contributed by atoms with Crippen LogP contribution in [0.3, 0.4) is 0 Å². The van der Waals surface area contributed by atoms with Crippen LogP contribution in [0.25, 0.3) is 10.9 Å². The maximum Gasteiger partial charge on any atom is 0.255 e. The number of nitrogens with zero attached hydrogens (tertiary/aromatic N) is 3. The number of methoxy groups -OCH3 is 2. The molecule has 2 aliphatic heterocycles. The molecule has 2 amide bonds. The van der Waals surface area contributed by atoms with Crippen LogP contribution in [0.5, 0.6) is 11.5 Å². The van der Waals surface area contributed by atoms with E-state index in [0.717, 1.165) is 81.8 Å². The predicted molar refractivity (Wildman–Crippen MR) is 209 cm³/mol. The second-order valence-electron chi connectivity index (χ2n) is 14.0. The van der Waals surface area contributed by atoms with Gasteiger partial charge in [0, 0.05) is 74.2 Å². The molecule has 0 bridgehead atoms. The summed E-state index contributed by atoms with van der Waals surface area (Å²) < 4.78 is 11.0. The Kier molecular flexibility index (Phi) is 11.5. The lowest BCUT2D eigenvalue weighted by Gasteiger charge is -2.32. The Balaban J connectivity index is 0.989.